The molecule has 11 heteroatoms. The minimum atomic E-state index is -1.12. The lowest BCUT2D eigenvalue weighted by molar-refractivity contribution is -0.139. The Hall–Kier alpha value is -5.71. The minimum Gasteiger partial charge on any atom is -0.469 e. The fourth-order valence-corrected chi connectivity index (χ4v) is 8.32. The Labute approximate surface area is 354 Å². The van der Waals surface area contributed by atoms with Crippen LogP contribution in [0.3, 0.4) is 0 Å². The molecule has 0 fully saturated rings. The monoisotopic (exact) mass is 832 g/mol. The molecule has 9 nitrogen and oxygen atoms in total. The number of carbonyl (C=O) groups excluding carboxylic acids is 3. The molecule has 0 saturated heterocycles. The summed E-state index contributed by atoms with van der Waals surface area (Å²) in [4.78, 5) is 40.0. The van der Waals surface area contributed by atoms with Crippen LogP contribution < -0.4 is 10.6 Å². The predicted molar refractivity (Wildman–Crippen MR) is 229 cm³/mol. The number of halogens is 2. The highest BCUT2D eigenvalue weighted by molar-refractivity contribution is 6.36. The summed E-state index contributed by atoms with van der Waals surface area (Å²) in [5.41, 5.74) is 5.72. The summed E-state index contributed by atoms with van der Waals surface area (Å²) >= 11 is 13.5. The SMILES string of the molecule is COC(=O)CC1=C(C(=O)OC)C(c2c(Cl)cccc2Cl)C(C(=O)OC)=C(CCc2ccccc2COCCNC(c2ccccc2)(c2ccccc2)c2ccccc2)N1. The molecule has 0 saturated carbocycles. The molecule has 6 rings (SSSR count). The van der Waals surface area contributed by atoms with Crippen LogP contribution in [0.2, 0.25) is 10.0 Å². The van der Waals surface area contributed by atoms with Crippen molar-refractivity contribution in [3.63, 3.8) is 0 Å². The van der Waals surface area contributed by atoms with Crippen LogP contribution in [0, 0.1) is 0 Å². The van der Waals surface area contributed by atoms with Gasteiger partial charge in [-0.3, -0.25) is 10.1 Å². The van der Waals surface area contributed by atoms with E-state index in [9.17, 15) is 14.4 Å². The van der Waals surface area contributed by atoms with E-state index in [1.807, 2.05) is 42.5 Å². The van der Waals surface area contributed by atoms with Crippen molar-refractivity contribution in [2.45, 2.75) is 37.3 Å². The second-order valence-corrected chi connectivity index (χ2v) is 14.6. The summed E-state index contributed by atoms with van der Waals surface area (Å²) < 4.78 is 21.8. The van der Waals surface area contributed by atoms with Gasteiger partial charge in [-0.25, -0.2) is 9.59 Å². The Morgan fingerprint density at radius 3 is 1.61 bits per heavy atom. The number of ether oxygens (including phenoxy) is 4. The fourth-order valence-electron chi connectivity index (χ4n) is 7.71. The van der Waals surface area contributed by atoms with Crippen molar-refractivity contribution in [2.75, 3.05) is 34.5 Å². The summed E-state index contributed by atoms with van der Waals surface area (Å²) in [6, 6.07) is 44.1. The van der Waals surface area contributed by atoms with Crippen LogP contribution in [-0.4, -0.2) is 52.4 Å². The molecule has 1 unspecified atom stereocenters. The van der Waals surface area contributed by atoms with Crippen LogP contribution in [0.1, 0.15) is 52.1 Å². The fraction of sp³-hybridized carbons (Fsp3) is 0.229. The number of methoxy groups -OCH3 is 3. The van der Waals surface area contributed by atoms with E-state index in [1.165, 1.54) is 21.3 Å². The third-order valence-electron chi connectivity index (χ3n) is 10.5. The first-order valence-electron chi connectivity index (χ1n) is 19.2. The average molecular weight is 834 g/mol. The quantitative estimate of drug-likeness (QED) is 0.0411. The van der Waals surface area contributed by atoms with Gasteiger partial charge in [-0.2, -0.15) is 0 Å². The largest absolute Gasteiger partial charge is 0.469 e. The highest BCUT2D eigenvalue weighted by Crippen LogP contribution is 2.46. The normalized spacial score (nSPS) is 14.1. The Balaban J connectivity index is 1.26. The summed E-state index contributed by atoms with van der Waals surface area (Å²) in [6.45, 7) is 1.30. The van der Waals surface area contributed by atoms with Crippen LogP contribution in [0.15, 0.2) is 156 Å². The molecular formula is C48H46Cl2N2O7. The van der Waals surface area contributed by atoms with E-state index in [4.69, 9.17) is 42.1 Å². The number of hydrogen-bond acceptors (Lipinski definition) is 9. The van der Waals surface area contributed by atoms with Crippen LogP contribution in [0.4, 0.5) is 0 Å². The van der Waals surface area contributed by atoms with E-state index in [0.717, 1.165) is 27.8 Å². The number of nitrogens with one attached hydrogen (secondary N) is 2. The molecule has 1 atom stereocenters. The molecule has 5 aromatic carbocycles. The van der Waals surface area contributed by atoms with Gasteiger partial charge in [0.2, 0.25) is 0 Å². The van der Waals surface area contributed by atoms with Gasteiger partial charge in [0.1, 0.15) is 0 Å². The first-order valence-corrected chi connectivity index (χ1v) is 20.0. The summed E-state index contributed by atoms with van der Waals surface area (Å²) in [5.74, 6) is -3.20. The molecule has 1 heterocycles. The predicted octanol–water partition coefficient (Wildman–Crippen LogP) is 8.83. The first-order chi connectivity index (χ1) is 28.7. The third kappa shape index (κ3) is 9.61. The summed E-state index contributed by atoms with van der Waals surface area (Å²) in [6.07, 6.45) is 0.437. The zero-order valence-corrected chi connectivity index (χ0v) is 34.6. The Bertz CT molecular complexity index is 2200. The number of dihydropyridines is 1. The van der Waals surface area contributed by atoms with Gasteiger partial charge >= 0.3 is 17.9 Å². The van der Waals surface area contributed by atoms with E-state index in [1.54, 1.807) is 18.2 Å². The smallest absolute Gasteiger partial charge is 0.336 e. The average Bonchev–Trinajstić information content (AvgIpc) is 3.27. The van der Waals surface area contributed by atoms with Gasteiger partial charge in [0, 0.05) is 33.5 Å². The second-order valence-electron chi connectivity index (χ2n) is 13.8. The lowest BCUT2D eigenvalue weighted by Crippen LogP contribution is -2.46. The zero-order valence-electron chi connectivity index (χ0n) is 33.1. The standard InChI is InChI=1S/C48H46Cl2N2O7/c1-56-41(53)30-40-44(47(55)58-3)45(42-37(49)24-15-25-38(42)50)43(46(54)57-2)39(52-40)27-26-32-16-13-14-17-33(32)31-59-29-28-51-48(34-18-7-4-8-19-34,35-20-9-5-10-21-35)36-22-11-6-12-23-36/h4-25,45,51-52H,26-31H2,1-3H3. The molecule has 0 radical (unpaired) electrons. The zero-order chi connectivity index (χ0) is 41.8. The number of allylic oxidation sites excluding steroid dienone is 1. The van der Waals surface area contributed by atoms with E-state index < -0.39 is 29.4 Å². The topological polar surface area (TPSA) is 112 Å². The Kier molecular flexibility index (Phi) is 14.8. The van der Waals surface area contributed by atoms with Gasteiger partial charge < -0.3 is 24.3 Å². The summed E-state index contributed by atoms with van der Waals surface area (Å²) in [5, 5.41) is 7.52. The van der Waals surface area contributed by atoms with Gasteiger partial charge in [0.15, 0.2) is 0 Å². The van der Waals surface area contributed by atoms with Crippen molar-refractivity contribution < 1.29 is 33.3 Å². The maximum atomic E-state index is 13.7. The lowest BCUT2D eigenvalue weighted by atomic mass is 9.77. The molecule has 5 aromatic rings. The highest BCUT2D eigenvalue weighted by Gasteiger charge is 2.42. The van der Waals surface area contributed by atoms with Crippen molar-refractivity contribution in [3.05, 3.63) is 199 Å². The van der Waals surface area contributed by atoms with Crippen LogP contribution in [-0.2, 0) is 51.9 Å². The molecule has 0 spiro atoms. The molecule has 0 aromatic heterocycles. The maximum Gasteiger partial charge on any atom is 0.336 e. The first kappa shape index (κ1) is 42.9. The van der Waals surface area contributed by atoms with Crippen molar-refractivity contribution >= 4 is 41.1 Å². The van der Waals surface area contributed by atoms with Crippen molar-refractivity contribution in [2.24, 2.45) is 0 Å². The Morgan fingerprint density at radius 2 is 1.10 bits per heavy atom. The number of esters is 3. The highest BCUT2D eigenvalue weighted by atomic mass is 35.5. The maximum absolute atomic E-state index is 13.7. The second kappa shape index (κ2) is 20.3. The number of carbonyl (C=O) groups is 3. The number of benzene rings is 5. The van der Waals surface area contributed by atoms with Crippen molar-refractivity contribution in [1.82, 2.24) is 10.6 Å². The van der Waals surface area contributed by atoms with Crippen molar-refractivity contribution in [1.29, 1.82) is 0 Å². The number of hydrogen-bond donors (Lipinski definition) is 2. The van der Waals surface area contributed by atoms with Crippen LogP contribution in [0.25, 0.3) is 0 Å². The van der Waals surface area contributed by atoms with E-state index >= 15 is 0 Å². The summed E-state index contributed by atoms with van der Waals surface area (Å²) in [7, 11) is 3.73. The molecule has 2 N–H and O–H groups in total. The van der Waals surface area contributed by atoms with Gasteiger partial charge in [0.05, 0.1) is 63.6 Å². The van der Waals surface area contributed by atoms with E-state index in [2.05, 4.69) is 83.4 Å². The number of aryl methyl sites for hydroxylation is 1. The van der Waals surface area contributed by atoms with Crippen LogP contribution >= 0.6 is 23.2 Å². The molecule has 59 heavy (non-hydrogen) atoms. The molecular weight excluding hydrogens is 787 g/mol. The Morgan fingerprint density at radius 1 is 0.610 bits per heavy atom. The molecule has 0 amide bonds. The van der Waals surface area contributed by atoms with Crippen LogP contribution in [0.5, 0.6) is 0 Å². The third-order valence-corrected chi connectivity index (χ3v) is 11.1. The lowest BCUT2D eigenvalue weighted by Gasteiger charge is -2.37. The molecule has 1 aliphatic rings. The number of rotatable bonds is 17. The van der Waals surface area contributed by atoms with E-state index in [0.29, 0.717) is 37.4 Å². The van der Waals surface area contributed by atoms with Gasteiger partial charge in [-0.1, -0.05) is 145 Å². The molecule has 0 bridgehead atoms. The molecule has 304 valence electrons. The van der Waals surface area contributed by atoms with Gasteiger partial charge in [-0.05, 0) is 52.8 Å². The van der Waals surface area contributed by atoms with Gasteiger partial charge in [0.25, 0.3) is 0 Å². The minimum absolute atomic E-state index is 0.00438. The van der Waals surface area contributed by atoms with Crippen molar-refractivity contribution in [3.8, 4) is 0 Å². The van der Waals surface area contributed by atoms with E-state index in [-0.39, 0.29) is 39.7 Å². The molecule has 1 aliphatic heterocycles. The van der Waals surface area contributed by atoms with Gasteiger partial charge in [-0.15, -0.1) is 0 Å². The molecule has 0 aliphatic carbocycles.